The minimum Gasteiger partial charge on any atom is -0.480 e. The van der Waals surface area contributed by atoms with Crippen LogP contribution in [0, 0.1) is 10.1 Å². The van der Waals surface area contributed by atoms with Crippen molar-refractivity contribution in [2.75, 3.05) is 80.7 Å². The monoisotopic (exact) mass is 1680 g/mol. The van der Waals surface area contributed by atoms with Crippen molar-refractivity contribution >= 4 is 160 Å². The molecule has 0 radical (unpaired) electrons. The van der Waals surface area contributed by atoms with Crippen molar-refractivity contribution in [2.24, 2.45) is 21.1 Å². The summed E-state index contributed by atoms with van der Waals surface area (Å²) in [6.07, 6.45) is 4.43. The number of aldehydes is 1. The number of pyridine rings is 2. The molecule has 10 rings (SSSR count). The second-order valence-corrected chi connectivity index (χ2v) is 20.3. The molecule has 105 heavy (non-hydrogen) atoms. The molecule has 10 aromatic rings. The number of hydrogen-bond acceptors (Lipinski definition) is 27. The van der Waals surface area contributed by atoms with E-state index in [-0.39, 0.29) is 54.2 Å². The van der Waals surface area contributed by atoms with Crippen LogP contribution < -0.4 is 40.8 Å². The van der Waals surface area contributed by atoms with Crippen molar-refractivity contribution in [3.8, 4) is 17.5 Å². The van der Waals surface area contributed by atoms with Crippen LogP contribution >= 0.6 is 37.2 Å². The minimum absolute atomic E-state index is 0.0792. The topological polar surface area (TPSA) is 489 Å². The summed E-state index contributed by atoms with van der Waals surface area (Å²) in [6.45, 7) is 4.82. The second kappa shape index (κ2) is 46.5. The standard InChI is InChI=1S/C20H22N4O4.C10H10N2O3.C10H8N2O3.C10H14N2O2.C8H8N2O4.C8H10N2O2.C2H4O3.I2/c1-4-28-18(25)10-12-24(17-7-5-6-11-21-17)19(26)14-8-9-16-15(13-14)22-20(27-3)23(16)2;2*1-12-9-3-2-7(15-6-14)4-8(9)11-10(12)5-13;1-2-14-10(13)6-8-12-9-5-3-4-7-11-9;1-9-6-3-2-5(8(11)12)4-7(6)10(13)14;1-10-7-3-2-5(8(11)12)4-6(7)9;3-1-2(4)5;1-2/h5-9,11,13H,4,10,12H2,1-3H3;2-4,6,13H,5H2,1H3;2-6H,1H3;3-5,7H,2,6,8H2,1H3,(H,11,12);2-4,9H,1H3,(H,11,12);2-4,10H,9H2,1H3,(H,11,12);3H,1H2,(H,4,5);. The molecule has 0 atom stereocenters. The number of nitrogens with zero attached hydrogens (tertiary/aromatic N) is 10. The summed E-state index contributed by atoms with van der Waals surface area (Å²) in [4.78, 5) is 129. The third kappa shape index (κ3) is 27.7. The van der Waals surface area contributed by atoms with Gasteiger partial charge in [-0.05, 0) is 111 Å². The first-order valence-corrected chi connectivity index (χ1v) is 37.0. The summed E-state index contributed by atoms with van der Waals surface area (Å²) in [5.41, 5.74) is 11.8. The fraction of sp³-hybridized carbons (Fsp3) is 0.235. The van der Waals surface area contributed by atoms with E-state index in [0.29, 0.717) is 114 Å². The maximum absolute atomic E-state index is 13.2. The number of ether oxygens (including phenoxy) is 5. The van der Waals surface area contributed by atoms with Gasteiger partial charge in [-0.2, -0.15) is 4.98 Å². The molecule has 35 nitrogen and oxygen atoms in total. The number of nitrogens with two attached hydrogens (primary N) is 1. The number of aliphatic hydroxyl groups is 2. The van der Waals surface area contributed by atoms with Crippen LogP contribution in [-0.2, 0) is 61.2 Å². The number of fused-ring (bicyclic) bond motifs is 3. The summed E-state index contributed by atoms with van der Waals surface area (Å²) in [7, 11) is 10.2. The van der Waals surface area contributed by atoms with Gasteiger partial charge >= 0.3 is 29.8 Å². The van der Waals surface area contributed by atoms with Crippen molar-refractivity contribution in [3.05, 3.63) is 178 Å². The summed E-state index contributed by atoms with van der Waals surface area (Å²) in [5, 5.41) is 60.2. The zero-order valence-electron chi connectivity index (χ0n) is 57.7. The molecule has 0 aliphatic rings. The summed E-state index contributed by atoms with van der Waals surface area (Å²) in [5.74, 6) is -1.14. The number of carboxylic acid groups (broad SMARTS) is 3. The number of nitro groups is 1. The van der Waals surface area contributed by atoms with Gasteiger partial charge in [0.15, 0.2) is 12.1 Å². The summed E-state index contributed by atoms with van der Waals surface area (Å²) in [6, 6.07) is 35.0. The van der Waals surface area contributed by atoms with E-state index < -0.39 is 29.4 Å². The van der Waals surface area contributed by atoms with Crippen molar-refractivity contribution in [3.63, 3.8) is 0 Å². The van der Waals surface area contributed by atoms with E-state index in [4.69, 9.17) is 55.0 Å². The van der Waals surface area contributed by atoms with E-state index in [2.05, 4.69) is 82.8 Å². The highest BCUT2D eigenvalue weighted by Gasteiger charge is 2.22. The molecular weight excluding hydrogens is 1600 g/mol. The van der Waals surface area contributed by atoms with Gasteiger partial charge in [-0.3, -0.25) is 48.3 Å². The van der Waals surface area contributed by atoms with Crippen molar-refractivity contribution in [2.45, 2.75) is 33.3 Å². The van der Waals surface area contributed by atoms with Crippen LogP contribution in [0.25, 0.3) is 33.1 Å². The maximum atomic E-state index is 13.2. The normalized spacial score (nSPS) is 9.83. The Labute approximate surface area is 622 Å². The highest BCUT2D eigenvalue weighted by molar-refractivity contribution is 15.0. The number of nitro benzene ring substituents is 1. The molecule has 0 fully saturated rings. The molecule has 0 saturated heterocycles. The number of carbonyl (C=O) groups is 9. The molecule has 0 aliphatic heterocycles. The number of carbonyl (C=O) groups excluding carboxylic acids is 6. The molecule has 37 heteroatoms. The zero-order valence-corrected chi connectivity index (χ0v) is 62.1. The van der Waals surface area contributed by atoms with Gasteiger partial charge in [0.05, 0.1) is 93.7 Å². The first-order chi connectivity index (χ1) is 50.4. The molecule has 5 aromatic carbocycles. The number of aliphatic carboxylic acids is 1. The van der Waals surface area contributed by atoms with E-state index in [1.54, 1.807) is 134 Å². The Hall–Kier alpha value is -12.0. The number of esters is 2. The lowest BCUT2D eigenvalue weighted by Crippen LogP contribution is -2.34. The van der Waals surface area contributed by atoms with E-state index in [9.17, 15) is 48.5 Å². The molecule has 0 bridgehead atoms. The Morgan fingerprint density at radius 1 is 0.638 bits per heavy atom. The number of methoxy groups -OCH3 is 1. The predicted molar refractivity (Wildman–Crippen MR) is 404 cm³/mol. The van der Waals surface area contributed by atoms with E-state index in [1.165, 1.54) is 36.2 Å². The summed E-state index contributed by atoms with van der Waals surface area (Å²) < 4.78 is 29.6. The van der Waals surface area contributed by atoms with Gasteiger partial charge in [0.1, 0.15) is 47.9 Å². The number of hydrogen-bond donors (Lipinski definition) is 9. The van der Waals surface area contributed by atoms with Gasteiger partial charge < -0.3 is 80.0 Å². The Kier molecular flexibility index (Phi) is 38.6. The Morgan fingerprint density at radius 3 is 1.64 bits per heavy atom. The van der Waals surface area contributed by atoms with Crippen molar-refractivity contribution in [1.82, 2.24) is 38.6 Å². The third-order valence-corrected chi connectivity index (χ3v) is 13.8. The quantitative estimate of drug-likeness (QED) is 0.00681. The number of aryl methyl sites for hydroxylation is 3. The molecule has 0 saturated carbocycles. The lowest BCUT2D eigenvalue weighted by Gasteiger charge is -2.21. The number of nitrogen functional groups attached to an aromatic ring is 1. The smallest absolute Gasteiger partial charge is 0.335 e. The molecule has 558 valence electrons. The first-order valence-electron chi connectivity index (χ1n) is 30.7. The Bertz CT molecular complexity index is 4520. The Morgan fingerprint density at radius 2 is 1.15 bits per heavy atom. The lowest BCUT2D eigenvalue weighted by atomic mass is 10.1. The highest BCUT2D eigenvalue weighted by Crippen LogP contribution is 2.27. The highest BCUT2D eigenvalue weighted by atomic mass is 128. The number of anilines is 5. The van der Waals surface area contributed by atoms with Crippen LogP contribution in [0.4, 0.5) is 34.4 Å². The van der Waals surface area contributed by atoms with E-state index in [1.807, 2.05) is 38.4 Å². The molecule has 0 unspecified atom stereocenters. The van der Waals surface area contributed by atoms with Crippen LogP contribution in [0.3, 0.4) is 0 Å². The number of halogens is 2. The van der Waals surface area contributed by atoms with Crippen molar-refractivity contribution < 1.29 is 97.3 Å². The number of carboxylic acids is 3. The molecular formula is C68H76I2N14O21. The number of nitrogens with one attached hydrogen (secondary N) is 3. The molecule has 0 aliphatic carbocycles. The second-order valence-electron chi connectivity index (χ2n) is 20.3. The first kappa shape index (κ1) is 87.2. The number of amides is 1. The van der Waals surface area contributed by atoms with Gasteiger partial charge in [-0.25, -0.2) is 34.3 Å². The molecule has 5 aromatic heterocycles. The van der Waals surface area contributed by atoms with Crippen LogP contribution in [0.15, 0.2) is 140 Å². The third-order valence-electron chi connectivity index (χ3n) is 13.8. The number of benzene rings is 5. The SMILES string of the molecule is CCOC(=O)CCN(C(=O)c1ccc2c(c1)nc(OC)n2C)c1ccccn1.CCOC(=O)CCNc1ccccn1.CNc1ccc(C(=O)O)cc1N.CNc1ccc(C(=O)O)cc1[N+](=O)[O-].Cn1c(C=O)nc2cc(OC=O)ccc21.Cn1c(CO)nc2cc(OC=O)ccc21.II.O=C(O)CO. The minimum atomic E-state index is -1.19. The number of aliphatic hydroxyl groups excluding tert-OH is 2. The fourth-order valence-corrected chi connectivity index (χ4v) is 8.79. The number of rotatable bonds is 24. The average Bonchev–Trinajstić information content (AvgIpc) is 1.71. The Balaban J connectivity index is 0.000000329. The van der Waals surface area contributed by atoms with Crippen LogP contribution in [0.1, 0.15) is 74.2 Å². The largest absolute Gasteiger partial charge is 0.480 e. The maximum Gasteiger partial charge on any atom is 0.335 e. The lowest BCUT2D eigenvalue weighted by molar-refractivity contribution is -0.384. The van der Waals surface area contributed by atoms with Gasteiger partial charge in [-0.15, -0.1) is 0 Å². The van der Waals surface area contributed by atoms with Crippen molar-refractivity contribution in [1.29, 1.82) is 0 Å². The number of aromatic carboxylic acids is 2. The van der Waals surface area contributed by atoms with Gasteiger partial charge in [-0.1, -0.05) is 12.1 Å². The molecule has 1 amide bonds. The fourth-order valence-electron chi connectivity index (χ4n) is 8.79. The van der Waals surface area contributed by atoms with Crippen LogP contribution in [-0.4, -0.2) is 178 Å². The van der Waals surface area contributed by atoms with Crippen LogP contribution in [0.5, 0.6) is 17.5 Å². The number of aromatic nitrogens is 8. The van der Waals surface area contributed by atoms with Gasteiger partial charge in [0, 0.05) is 122 Å². The molecule has 0 spiro atoms. The summed E-state index contributed by atoms with van der Waals surface area (Å²) >= 11 is 4.24. The van der Waals surface area contributed by atoms with Crippen LogP contribution in [0.2, 0.25) is 0 Å². The van der Waals surface area contributed by atoms with Gasteiger partial charge in [0.25, 0.3) is 30.5 Å². The molecule has 10 N–H and O–H groups in total. The molecule has 5 heterocycles. The zero-order chi connectivity index (χ0) is 78.1. The average molecular weight is 1680 g/mol. The van der Waals surface area contributed by atoms with E-state index >= 15 is 0 Å². The number of imidazole rings is 3. The van der Waals surface area contributed by atoms with E-state index in [0.717, 1.165) is 34.1 Å². The van der Waals surface area contributed by atoms with Gasteiger partial charge in [0.2, 0.25) is 0 Å². The predicted octanol–water partition coefficient (Wildman–Crippen LogP) is 8.72.